The van der Waals surface area contributed by atoms with Gasteiger partial charge < -0.3 is 9.84 Å². The summed E-state index contributed by atoms with van der Waals surface area (Å²) in [6.45, 7) is 7.48. The second-order valence-electron chi connectivity index (χ2n) is 4.78. The van der Waals surface area contributed by atoms with Gasteiger partial charge in [-0.3, -0.25) is 0 Å². The minimum absolute atomic E-state index is 0.0290. The fraction of sp³-hybridized carbons (Fsp3) is 0.438. The van der Waals surface area contributed by atoms with Crippen molar-refractivity contribution in [1.82, 2.24) is 0 Å². The summed E-state index contributed by atoms with van der Waals surface area (Å²) in [5.41, 5.74) is 0.0718. The molecule has 0 amide bonds. The number of carbonyl (C=O) groups is 1. The molecule has 1 rings (SSSR count). The summed E-state index contributed by atoms with van der Waals surface area (Å²) in [6, 6.07) is 8.88. The van der Waals surface area contributed by atoms with Crippen LogP contribution < -0.4 is 0 Å². The molecule has 0 unspecified atom stereocenters. The van der Waals surface area contributed by atoms with E-state index < -0.39 is 5.41 Å². The third kappa shape index (κ3) is 3.67. The van der Waals surface area contributed by atoms with Gasteiger partial charge in [0.25, 0.3) is 0 Å². The van der Waals surface area contributed by atoms with E-state index in [0.717, 1.165) is 6.42 Å². The zero-order valence-corrected chi connectivity index (χ0v) is 11.6. The third-order valence-corrected chi connectivity index (χ3v) is 3.73. The number of carbonyl (C=O) groups excluding carboxylic acids is 1. The number of aliphatic hydroxyl groups is 1. The van der Waals surface area contributed by atoms with Gasteiger partial charge in [-0.25, -0.2) is 4.79 Å². The van der Waals surface area contributed by atoms with E-state index in [1.807, 2.05) is 19.9 Å². The quantitative estimate of drug-likeness (QED) is 0.606. The predicted molar refractivity (Wildman–Crippen MR) is 75.9 cm³/mol. The zero-order chi connectivity index (χ0) is 14.3. The topological polar surface area (TPSA) is 46.5 Å². The summed E-state index contributed by atoms with van der Waals surface area (Å²) in [5, 5.41) is 9.62. The number of hydrogen-bond acceptors (Lipinski definition) is 3. The minimum Gasteiger partial charge on any atom is -0.458 e. The van der Waals surface area contributed by atoms with Crippen LogP contribution in [0.25, 0.3) is 0 Å². The molecule has 104 valence electrons. The minimum atomic E-state index is -0.452. The van der Waals surface area contributed by atoms with E-state index in [1.54, 1.807) is 30.3 Å². The van der Waals surface area contributed by atoms with Gasteiger partial charge in [0.15, 0.2) is 0 Å². The molecule has 1 aromatic carbocycles. The van der Waals surface area contributed by atoms with Crippen molar-refractivity contribution in [2.24, 2.45) is 5.41 Å². The van der Waals surface area contributed by atoms with Crippen LogP contribution in [0.2, 0.25) is 0 Å². The highest BCUT2D eigenvalue weighted by Gasteiger charge is 2.35. The van der Waals surface area contributed by atoms with Gasteiger partial charge in [0.2, 0.25) is 0 Å². The van der Waals surface area contributed by atoms with E-state index in [0.29, 0.717) is 12.0 Å². The van der Waals surface area contributed by atoms with E-state index in [1.165, 1.54) is 0 Å². The second kappa shape index (κ2) is 7.10. The smallest absolute Gasteiger partial charge is 0.338 e. The number of rotatable bonds is 7. The second-order valence-corrected chi connectivity index (χ2v) is 4.78. The van der Waals surface area contributed by atoms with Gasteiger partial charge in [0.1, 0.15) is 6.10 Å². The number of allylic oxidation sites excluding steroid dienone is 1. The van der Waals surface area contributed by atoms with E-state index >= 15 is 0 Å². The fourth-order valence-corrected chi connectivity index (χ4v) is 2.12. The molecular formula is C16H22O3. The maximum atomic E-state index is 12.0. The first-order chi connectivity index (χ1) is 9.09. The standard InChI is InChI=1S/C16H22O3/c1-4-11-16(5-2,12-17)13(3)19-15(18)14-9-7-6-8-10-14/h4,6-10,13,17H,1,5,11-12H2,2-3H3/t13-,16-/m1/s1. The summed E-state index contributed by atoms with van der Waals surface area (Å²) in [7, 11) is 0. The highest BCUT2D eigenvalue weighted by atomic mass is 16.5. The molecule has 19 heavy (non-hydrogen) atoms. The van der Waals surface area contributed by atoms with Gasteiger partial charge in [0, 0.05) is 5.41 Å². The maximum absolute atomic E-state index is 12.0. The normalized spacial score (nSPS) is 15.3. The van der Waals surface area contributed by atoms with Gasteiger partial charge in [-0.2, -0.15) is 0 Å². The first kappa shape index (κ1) is 15.4. The Morgan fingerprint density at radius 2 is 2.11 bits per heavy atom. The molecule has 0 fully saturated rings. The Labute approximate surface area is 114 Å². The van der Waals surface area contributed by atoms with Crippen LogP contribution in [0.4, 0.5) is 0 Å². The van der Waals surface area contributed by atoms with Crippen molar-refractivity contribution in [2.45, 2.75) is 32.8 Å². The van der Waals surface area contributed by atoms with Crippen LogP contribution >= 0.6 is 0 Å². The van der Waals surface area contributed by atoms with Gasteiger partial charge in [-0.1, -0.05) is 31.2 Å². The molecule has 3 heteroatoms. The van der Waals surface area contributed by atoms with Crippen LogP contribution in [-0.2, 0) is 4.74 Å². The molecule has 0 saturated carbocycles. The lowest BCUT2D eigenvalue weighted by Crippen LogP contribution is -2.39. The SMILES string of the molecule is C=CC[C@](CC)(CO)[C@@H](C)OC(=O)c1ccccc1. The Bertz CT molecular complexity index is 407. The van der Waals surface area contributed by atoms with Gasteiger partial charge >= 0.3 is 5.97 Å². The van der Waals surface area contributed by atoms with Crippen molar-refractivity contribution in [1.29, 1.82) is 0 Å². The highest BCUT2D eigenvalue weighted by Crippen LogP contribution is 2.33. The molecule has 0 bridgehead atoms. The van der Waals surface area contributed by atoms with E-state index in [4.69, 9.17) is 4.74 Å². The Kier molecular flexibility index (Phi) is 5.77. The first-order valence-electron chi connectivity index (χ1n) is 6.57. The van der Waals surface area contributed by atoms with Crippen LogP contribution in [0.1, 0.15) is 37.0 Å². The summed E-state index contributed by atoms with van der Waals surface area (Å²) in [5.74, 6) is -0.358. The number of esters is 1. The predicted octanol–water partition coefficient (Wildman–Crippen LogP) is 3.20. The molecular weight excluding hydrogens is 240 g/mol. The molecule has 0 aliphatic carbocycles. The van der Waals surface area contributed by atoms with Crippen molar-refractivity contribution in [3.8, 4) is 0 Å². The van der Waals surface area contributed by atoms with E-state index in [-0.39, 0.29) is 18.7 Å². The summed E-state index contributed by atoms with van der Waals surface area (Å²) >= 11 is 0. The number of hydrogen-bond donors (Lipinski definition) is 1. The number of benzene rings is 1. The van der Waals surface area contributed by atoms with Gasteiger partial charge in [0.05, 0.1) is 12.2 Å². The molecule has 1 N–H and O–H groups in total. The molecule has 0 spiro atoms. The van der Waals surface area contributed by atoms with Crippen molar-refractivity contribution in [3.05, 3.63) is 48.6 Å². The molecule has 0 aliphatic rings. The molecule has 1 aromatic rings. The van der Waals surface area contributed by atoms with Crippen LogP contribution in [0.15, 0.2) is 43.0 Å². The van der Waals surface area contributed by atoms with Crippen molar-refractivity contribution in [2.75, 3.05) is 6.61 Å². The van der Waals surface area contributed by atoms with Crippen molar-refractivity contribution < 1.29 is 14.6 Å². The van der Waals surface area contributed by atoms with Gasteiger partial charge in [-0.15, -0.1) is 6.58 Å². The molecule has 2 atom stereocenters. The summed E-state index contributed by atoms with van der Waals surface area (Å²) in [4.78, 5) is 12.0. The van der Waals surface area contributed by atoms with E-state index in [2.05, 4.69) is 6.58 Å². The van der Waals surface area contributed by atoms with Crippen LogP contribution in [0.3, 0.4) is 0 Å². The lowest BCUT2D eigenvalue weighted by Gasteiger charge is -2.35. The van der Waals surface area contributed by atoms with Crippen molar-refractivity contribution in [3.63, 3.8) is 0 Å². The Hall–Kier alpha value is -1.61. The third-order valence-electron chi connectivity index (χ3n) is 3.73. The van der Waals surface area contributed by atoms with E-state index in [9.17, 15) is 9.90 Å². The molecule has 0 heterocycles. The summed E-state index contributed by atoms with van der Waals surface area (Å²) < 4.78 is 5.49. The lowest BCUT2D eigenvalue weighted by molar-refractivity contribution is -0.0348. The van der Waals surface area contributed by atoms with Crippen molar-refractivity contribution >= 4 is 5.97 Å². The lowest BCUT2D eigenvalue weighted by atomic mass is 9.78. The molecule has 3 nitrogen and oxygen atoms in total. The molecule has 0 aromatic heterocycles. The Morgan fingerprint density at radius 3 is 2.58 bits per heavy atom. The fourth-order valence-electron chi connectivity index (χ4n) is 2.12. The summed E-state index contributed by atoms with van der Waals surface area (Å²) in [6.07, 6.45) is 2.72. The monoisotopic (exact) mass is 262 g/mol. The average molecular weight is 262 g/mol. The number of aliphatic hydroxyl groups excluding tert-OH is 1. The van der Waals surface area contributed by atoms with Crippen LogP contribution in [-0.4, -0.2) is 23.8 Å². The molecule has 0 aliphatic heterocycles. The first-order valence-corrected chi connectivity index (χ1v) is 6.57. The Balaban J connectivity index is 2.79. The largest absolute Gasteiger partial charge is 0.458 e. The van der Waals surface area contributed by atoms with Gasteiger partial charge in [-0.05, 0) is 31.9 Å². The Morgan fingerprint density at radius 1 is 1.47 bits per heavy atom. The number of ether oxygens (including phenoxy) is 1. The highest BCUT2D eigenvalue weighted by molar-refractivity contribution is 5.89. The van der Waals surface area contributed by atoms with Crippen LogP contribution in [0.5, 0.6) is 0 Å². The zero-order valence-electron chi connectivity index (χ0n) is 11.6. The average Bonchev–Trinajstić information content (AvgIpc) is 2.45. The molecule has 0 saturated heterocycles. The van der Waals surface area contributed by atoms with Crippen LogP contribution in [0, 0.1) is 5.41 Å². The maximum Gasteiger partial charge on any atom is 0.338 e. The molecule has 0 radical (unpaired) electrons.